The van der Waals surface area contributed by atoms with Crippen LogP contribution in [0, 0.1) is 0 Å². The molecule has 3 heterocycles. The molecule has 2 atom stereocenters. The highest BCUT2D eigenvalue weighted by molar-refractivity contribution is 6.10. The van der Waals surface area contributed by atoms with Gasteiger partial charge in [0.2, 0.25) is 11.5 Å². The Morgan fingerprint density at radius 3 is 2.44 bits per heavy atom. The van der Waals surface area contributed by atoms with Gasteiger partial charge in [-0.1, -0.05) is 12.1 Å². The number of halogens is 7. The van der Waals surface area contributed by atoms with Crippen molar-refractivity contribution in [2.45, 2.75) is 50.4 Å². The second-order valence-corrected chi connectivity index (χ2v) is 10.1. The zero-order valence-corrected chi connectivity index (χ0v) is 20.9. The Bertz CT molecular complexity index is 1420. The van der Waals surface area contributed by atoms with E-state index in [2.05, 4.69) is 10.2 Å². The van der Waals surface area contributed by atoms with Crippen molar-refractivity contribution in [2.24, 2.45) is 7.05 Å². The zero-order chi connectivity index (χ0) is 28.3. The topological polar surface area (TPSA) is 54.3 Å². The number of nitrogens with zero attached hydrogens (tertiary/aromatic N) is 5. The highest BCUT2D eigenvalue weighted by Gasteiger charge is 2.57. The lowest BCUT2D eigenvalue weighted by molar-refractivity contribution is -0.149. The minimum absolute atomic E-state index is 0.0386. The van der Waals surface area contributed by atoms with E-state index in [0.717, 1.165) is 34.0 Å². The molecule has 208 valence electrons. The summed E-state index contributed by atoms with van der Waals surface area (Å²) in [5.41, 5.74) is -5.08. The molecule has 0 N–H and O–H groups in total. The summed E-state index contributed by atoms with van der Waals surface area (Å²) in [4.78, 5) is 16.0. The first-order valence-electron chi connectivity index (χ1n) is 12.1. The lowest BCUT2D eigenvalue weighted by Gasteiger charge is -2.30. The van der Waals surface area contributed by atoms with Crippen molar-refractivity contribution < 1.29 is 35.5 Å². The van der Waals surface area contributed by atoms with Gasteiger partial charge in [0, 0.05) is 37.9 Å². The summed E-state index contributed by atoms with van der Waals surface area (Å²) >= 11 is 0. The number of likely N-dealkylation sites (tertiary alicyclic amines) is 1. The van der Waals surface area contributed by atoms with Gasteiger partial charge in [0.15, 0.2) is 0 Å². The molecule has 13 heteroatoms. The van der Waals surface area contributed by atoms with E-state index < -0.39 is 53.3 Å². The Kier molecular flexibility index (Phi) is 6.47. The summed E-state index contributed by atoms with van der Waals surface area (Å²) < 4.78 is 103. The van der Waals surface area contributed by atoms with Gasteiger partial charge in [-0.25, -0.2) is 8.78 Å². The monoisotopic (exact) mass is 555 g/mol. The number of aryl methyl sites for hydroxylation is 1. The highest BCUT2D eigenvalue weighted by Crippen LogP contribution is 2.48. The summed E-state index contributed by atoms with van der Waals surface area (Å²) in [7, 11) is 1.24. The standard InChI is InChI=1S/C26H24F7N5O/c1-24(28,25(29,30)23-35-34-14-36(23)2)16-4-3-5-18(10-16)38-13-20-19(22(38)39)8-15(9-21(20)26(31,32)33)11-37-7-6-17(27)12-37/h3-5,8-10,14,17H,6-7,11-13H2,1-2H3/t17-,24?/m0/s1. The Morgan fingerprint density at radius 1 is 1.08 bits per heavy atom. The third-order valence-corrected chi connectivity index (χ3v) is 7.31. The van der Waals surface area contributed by atoms with Crippen LogP contribution in [0.4, 0.5) is 36.4 Å². The maximum Gasteiger partial charge on any atom is 0.416 e. The molecule has 0 saturated carbocycles. The fourth-order valence-corrected chi connectivity index (χ4v) is 5.13. The van der Waals surface area contributed by atoms with Crippen molar-refractivity contribution in [2.75, 3.05) is 18.0 Å². The predicted molar refractivity (Wildman–Crippen MR) is 127 cm³/mol. The molecule has 0 aliphatic carbocycles. The van der Waals surface area contributed by atoms with Crippen molar-refractivity contribution in [1.82, 2.24) is 19.7 Å². The molecule has 6 nitrogen and oxygen atoms in total. The summed E-state index contributed by atoms with van der Waals surface area (Å²) in [5.74, 6) is -5.82. The molecule has 2 aliphatic rings. The van der Waals surface area contributed by atoms with Crippen LogP contribution in [0.3, 0.4) is 0 Å². The fraction of sp³-hybridized carbons (Fsp3) is 0.423. The molecule has 2 aliphatic heterocycles. The first kappa shape index (κ1) is 27.1. The molecule has 1 unspecified atom stereocenters. The predicted octanol–water partition coefficient (Wildman–Crippen LogP) is 5.51. The number of amides is 1. The summed E-state index contributed by atoms with van der Waals surface area (Å²) in [6.07, 6.45) is -4.56. The Morgan fingerprint density at radius 2 is 1.82 bits per heavy atom. The van der Waals surface area contributed by atoms with Crippen LogP contribution in [-0.2, 0) is 37.9 Å². The largest absolute Gasteiger partial charge is 0.416 e. The number of alkyl halides is 7. The summed E-state index contributed by atoms with van der Waals surface area (Å²) in [5, 5.41) is 6.71. The van der Waals surface area contributed by atoms with Crippen molar-refractivity contribution in [3.63, 3.8) is 0 Å². The second-order valence-electron chi connectivity index (χ2n) is 10.1. The molecule has 5 rings (SSSR count). The number of hydrogen-bond donors (Lipinski definition) is 0. The molecule has 1 aromatic heterocycles. The van der Waals surface area contributed by atoms with Crippen LogP contribution >= 0.6 is 0 Å². The Labute approximate surface area is 219 Å². The third kappa shape index (κ3) is 4.66. The summed E-state index contributed by atoms with van der Waals surface area (Å²) in [6, 6.07) is 7.02. The molecule has 39 heavy (non-hydrogen) atoms. The van der Waals surface area contributed by atoms with Crippen LogP contribution in [0.1, 0.15) is 51.8 Å². The lowest BCUT2D eigenvalue weighted by Crippen LogP contribution is -2.39. The van der Waals surface area contributed by atoms with Crippen LogP contribution < -0.4 is 4.90 Å². The van der Waals surface area contributed by atoms with E-state index >= 15 is 13.2 Å². The van der Waals surface area contributed by atoms with Crippen molar-refractivity contribution in [3.8, 4) is 0 Å². The van der Waals surface area contributed by atoms with E-state index in [0.29, 0.717) is 13.5 Å². The van der Waals surface area contributed by atoms with Gasteiger partial charge in [0.05, 0.1) is 12.1 Å². The molecule has 0 bridgehead atoms. The number of aromatic nitrogens is 3. The number of fused-ring (bicyclic) bond motifs is 1. The van der Waals surface area contributed by atoms with Crippen molar-refractivity contribution in [3.05, 3.63) is 76.4 Å². The van der Waals surface area contributed by atoms with E-state index in [9.17, 15) is 22.4 Å². The first-order valence-corrected chi connectivity index (χ1v) is 12.1. The van der Waals surface area contributed by atoms with E-state index in [-0.39, 0.29) is 41.9 Å². The van der Waals surface area contributed by atoms with Crippen LogP contribution in [0.5, 0.6) is 0 Å². The summed E-state index contributed by atoms with van der Waals surface area (Å²) in [6.45, 7) is 0.692. The van der Waals surface area contributed by atoms with Gasteiger partial charge < -0.3 is 9.47 Å². The second kappa shape index (κ2) is 9.32. The minimum Gasteiger partial charge on any atom is -0.316 e. The smallest absolute Gasteiger partial charge is 0.316 e. The molecule has 1 amide bonds. The minimum atomic E-state index is -4.78. The van der Waals surface area contributed by atoms with Crippen LogP contribution in [-0.4, -0.2) is 44.8 Å². The van der Waals surface area contributed by atoms with Crippen LogP contribution in [0.2, 0.25) is 0 Å². The van der Waals surface area contributed by atoms with E-state index in [1.165, 1.54) is 25.2 Å². The van der Waals surface area contributed by atoms with Crippen LogP contribution in [0.25, 0.3) is 0 Å². The third-order valence-electron chi connectivity index (χ3n) is 7.31. The molecular weight excluding hydrogens is 531 g/mol. The number of rotatable bonds is 6. The molecular formula is C26H24F7N5O. The normalized spacial score (nSPS) is 20.0. The lowest BCUT2D eigenvalue weighted by atomic mass is 9.90. The number of benzene rings is 2. The van der Waals surface area contributed by atoms with E-state index in [1.807, 2.05) is 0 Å². The van der Waals surface area contributed by atoms with E-state index in [1.54, 1.807) is 4.90 Å². The van der Waals surface area contributed by atoms with Gasteiger partial charge in [0.1, 0.15) is 12.5 Å². The van der Waals surface area contributed by atoms with Crippen LogP contribution in [0.15, 0.2) is 42.7 Å². The van der Waals surface area contributed by atoms with E-state index in [4.69, 9.17) is 0 Å². The SMILES string of the molecule is Cn1cnnc1C(F)(F)C(C)(F)c1cccc(N2Cc3c(cc(CN4CC[C@H](F)C4)cc3C(F)(F)F)C2=O)c1. The van der Waals surface area contributed by atoms with Crippen molar-refractivity contribution in [1.29, 1.82) is 0 Å². The number of anilines is 1. The Balaban J connectivity index is 1.49. The number of carbonyl (C=O) groups is 1. The molecule has 1 saturated heterocycles. The average Bonchev–Trinajstić information content (AvgIpc) is 3.57. The van der Waals surface area contributed by atoms with Gasteiger partial charge in [-0.15, -0.1) is 10.2 Å². The average molecular weight is 555 g/mol. The van der Waals surface area contributed by atoms with Gasteiger partial charge in [-0.3, -0.25) is 9.69 Å². The quantitative estimate of drug-likeness (QED) is 0.377. The molecule has 1 fully saturated rings. The highest BCUT2D eigenvalue weighted by atomic mass is 19.4. The van der Waals surface area contributed by atoms with Crippen molar-refractivity contribution >= 4 is 11.6 Å². The number of carbonyl (C=O) groups excluding carboxylic acids is 1. The Hall–Kier alpha value is -3.48. The van der Waals surface area contributed by atoms with Gasteiger partial charge >= 0.3 is 12.1 Å². The maximum atomic E-state index is 15.8. The number of hydrogen-bond acceptors (Lipinski definition) is 4. The van der Waals surface area contributed by atoms with Gasteiger partial charge in [-0.2, -0.15) is 22.0 Å². The maximum absolute atomic E-state index is 15.8. The zero-order valence-electron chi connectivity index (χ0n) is 20.9. The molecule has 0 spiro atoms. The fourth-order valence-electron chi connectivity index (χ4n) is 5.13. The molecule has 2 aromatic carbocycles. The molecule has 0 radical (unpaired) electrons. The van der Waals surface area contributed by atoms with Gasteiger partial charge in [0.25, 0.3) is 5.91 Å². The van der Waals surface area contributed by atoms with Gasteiger partial charge in [-0.05, 0) is 54.3 Å². The first-order chi connectivity index (χ1) is 18.2. The molecule has 3 aromatic rings.